The third-order valence-electron chi connectivity index (χ3n) is 8.13. The van der Waals surface area contributed by atoms with Crippen LogP contribution in [0.1, 0.15) is 43.5 Å². The van der Waals surface area contributed by atoms with Crippen molar-refractivity contribution in [2.24, 2.45) is 13.0 Å². The van der Waals surface area contributed by atoms with Gasteiger partial charge in [-0.1, -0.05) is 18.2 Å². The van der Waals surface area contributed by atoms with Crippen LogP contribution in [0.15, 0.2) is 54.7 Å². The average Bonchev–Trinajstić information content (AvgIpc) is 3.59. The Morgan fingerprint density at radius 2 is 1.77 bits per heavy atom. The number of nitriles is 1. The molecule has 0 saturated carbocycles. The molecular weight excluding hydrogens is 567 g/mol. The molecule has 1 saturated heterocycles. The minimum Gasteiger partial charge on any atom is -0.446 e. The van der Waals surface area contributed by atoms with E-state index in [1.54, 1.807) is 28.9 Å². The van der Waals surface area contributed by atoms with E-state index in [1.165, 1.54) is 26.0 Å². The summed E-state index contributed by atoms with van der Waals surface area (Å²) in [7, 11) is 1.80. The molecule has 0 aliphatic carbocycles. The van der Waals surface area contributed by atoms with Crippen LogP contribution in [0.25, 0.3) is 0 Å². The number of esters is 2. The number of carbonyl (C=O) groups excluding carboxylic acids is 3. The molecule has 0 radical (unpaired) electrons. The van der Waals surface area contributed by atoms with Crippen LogP contribution < -0.4 is 9.80 Å². The van der Waals surface area contributed by atoms with Crippen molar-refractivity contribution in [1.29, 1.82) is 5.26 Å². The number of ether oxygens (including phenoxy) is 2. The number of aromatic nitrogens is 2. The number of carbonyl (C=O) groups is 3. The molecule has 230 valence electrons. The number of hydrogen-bond donors (Lipinski definition) is 0. The Hall–Kier alpha value is -4.92. The van der Waals surface area contributed by atoms with E-state index in [2.05, 4.69) is 16.1 Å². The molecule has 3 heterocycles. The summed E-state index contributed by atoms with van der Waals surface area (Å²) in [5.74, 6) is -2.12. The number of rotatable bonds is 9. The number of benzene rings is 2. The summed E-state index contributed by atoms with van der Waals surface area (Å²) in [6, 6.07) is 15.6. The summed E-state index contributed by atoms with van der Waals surface area (Å²) >= 11 is 0. The van der Waals surface area contributed by atoms with Crippen molar-refractivity contribution in [3.63, 3.8) is 0 Å². The van der Waals surface area contributed by atoms with Gasteiger partial charge in [-0.2, -0.15) is 10.4 Å². The summed E-state index contributed by atoms with van der Waals surface area (Å²) in [6.45, 7) is 4.71. The Labute approximate surface area is 255 Å². The highest BCUT2D eigenvalue weighted by Crippen LogP contribution is 2.31. The van der Waals surface area contributed by atoms with Crippen molar-refractivity contribution in [1.82, 2.24) is 14.7 Å². The molecule has 2 aromatic carbocycles. The first-order valence-electron chi connectivity index (χ1n) is 14.5. The summed E-state index contributed by atoms with van der Waals surface area (Å²) in [4.78, 5) is 44.4. The summed E-state index contributed by atoms with van der Waals surface area (Å²) in [6.07, 6.45) is 0.504. The molecule has 1 aromatic heterocycles. The fourth-order valence-electron chi connectivity index (χ4n) is 5.97. The number of hydrogen-bond acceptors (Lipinski definition) is 9. The standard InChI is InChI=1S/C32H35FN6O5/c1-21(40)43-30(31(42)38-19-25-17-35-36(3)29(25)20-38)32(44-22(2)41)39(27-7-5-4-6-8-27)18-23-11-13-37(14-12-23)28-10-9-26(33)15-24(28)16-34/h4-10,15,17,23,30,32H,11-14,18-20H2,1-3H3/t30-,32+/m0/s1. The lowest BCUT2D eigenvalue weighted by atomic mass is 9.94. The van der Waals surface area contributed by atoms with E-state index in [-0.39, 0.29) is 18.0 Å². The second-order valence-electron chi connectivity index (χ2n) is 11.2. The highest BCUT2D eigenvalue weighted by molar-refractivity contribution is 5.85. The van der Waals surface area contributed by atoms with Crippen molar-refractivity contribution < 1.29 is 28.2 Å². The predicted octanol–water partition coefficient (Wildman–Crippen LogP) is 3.52. The van der Waals surface area contributed by atoms with Crippen LogP contribution in [-0.4, -0.2) is 64.5 Å². The molecule has 5 rings (SSSR count). The van der Waals surface area contributed by atoms with Crippen molar-refractivity contribution >= 4 is 29.2 Å². The second-order valence-corrected chi connectivity index (χ2v) is 11.2. The average molecular weight is 603 g/mol. The van der Waals surface area contributed by atoms with Crippen molar-refractivity contribution in [3.05, 3.63) is 77.4 Å². The van der Waals surface area contributed by atoms with Crippen LogP contribution in [0.2, 0.25) is 0 Å². The molecule has 2 aliphatic heterocycles. The lowest BCUT2D eigenvalue weighted by Crippen LogP contribution is -2.56. The number of amides is 1. The Morgan fingerprint density at radius 3 is 2.41 bits per heavy atom. The minimum absolute atomic E-state index is 0.102. The van der Waals surface area contributed by atoms with Gasteiger partial charge in [-0.25, -0.2) is 4.39 Å². The van der Waals surface area contributed by atoms with E-state index in [9.17, 15) is 24.0 Å². The van der Waals surface area contributed by atoms with Gasteiger partial charge < -0.3 is 24.2 Å². The Bertz CT molecular complexity index is 1560. The summed E-state index contributed by atoms with van der Waals surface area (Å²) in [5, 5.41) is 13.8. The minimum atomic E-state index is -1.42. The third-order valence-corrected chi connectivity index (χ3v) is 8.13. The van der Waals surface area contributed by atoms with Gasteiger partial charge in [-0.15, -0.1) is 0 Å². The molecule has 2 atom stereocenters. The molecule has 44 heavy (non-hydrogen) atoms. The number of fused-ring (bicyclic) bond motifs is 1. The summed E-state index contributed by atoms with van der Waals surface area (Å²) < 4.78 is 26.9. The molecular formula is C32H35FN6O5. The summed E-state index contributed by atoms with van der Waals surface area (Å²) in [5.41, 5.74) is 3.46. The quantitative estimate of drug-likeness (QED) is 0.268. The maximum Gasteiger partial charge on any atom is 0.304 e. The van der Waals surface area contributed by atoms with Gasteiger partial charge in [0.15, 0.2) is 0 Å². The van der Waals surface area contributed by atoms with Crippen LogP contribution in [-0.2, 0) is 44.0 Å². The lowest BCUT2D eigenvalue weighted by molar-refractivity contribution is -0.175. The van der Waals surface area contributed by atoms with Gasteiger partial charge >= 0.3 is 11.9 Å². The number of anilines is 2. The zero-order chi connectivity index (χ0) is 31.4. The predicted molar refractivity (Wildman–Crippen MR) is 158 cm³/mol. The highest BCUT2D eigenvalue weighted by Gasteiger charge is 2.43. The van der Waals surface area contributed by atoms with Crippen LogP contribution in [0.4, 0.5) is 15.8 Å². The Kier molecular flexibility index (Phi) is 9.13. The number of piperidine rings is 1. The number of para-hydroxylation sites is 1. The van der Waals surface area contributed by atoms with E-state index in [4.69, 9.17) is 9.47 Å². The number of nitrogens with zero attached hydrogens (tertiary/aromatic N) is 6. The molecule has 11 nitrogen and oxygen atoms in total. The van der Waals surface area contributed by atoms with Gasteiger partial charge in [0.05, 0.1) is 29.7 Å². The lowest BCUT2D eigenvalue weighted by Gasteiger charge is -2.41. The third kappa shape index (κ3) is 6.67. The molecule has 0 unspecified atom stereocenters. The van der Waals surface area contributed by atoms with E-state index in [0.717, 1.165) is 24.1 Å². The number of halogens is 1. The van der Waals surface area contributed by atoms with Gasteiger partial charge in [0, 0.05) is 58.3 Å². The fourth-order valence-corrected chi connectivity index (χ4v) is 5.97. The van der Waals surface area contributed by atoms with Crippen molar-refractivity contribution in [3.8, 4) is 6.07 Å². The zero-order valence-corrected chi connectivity index (χ0v) is 25.0. The van der Waals surface area contributed by atoms with Gasteiger partial charge in [-0.05, 0) is 49.1 Å². The molecule has 3 aromatic rings. The molecule has 1 fully saturated rings. The first kappa shape index (κ1) is 30.5. The van der Waals surface area contributed by atoms with E-state index < -0.39 is 36.0 Å². The monoisotopic (exact) mass is 602 g/mol. The van der Waals surface area contributed by atoms with Crippen LogP contribution in [0.3, 0.4) is 0 Å². The Balaban J connectivity index is 1.41. The van der Waals surface area contributed by atoms with Crippen molar-refractivity contribution in [2.45, 2.75) is 52.1 Å². The smallest absolute Gasteiger partial charge is 0.304 e. The molecule has 12 heteroatoms. The van der Waals surface area contributed by atoms with Crippen molar-refractivity contribution in [2.75, 3.05) is 29.4 Å². The van der Waals surface area contributed by atoms with Gasteiger partial charge in [0.25, 0.3) is 5.91 Å². The largest absolute Gasteiger partial charge is 0.446 e. The molecule has 2 aliphatic rings. The van der Waals surface area contributed by atoms with Gasteiger partial charge in [0.1, 0.15) is 11.9 Å². The maximum atomic E-state index is 14.0. The maximum absolute atomic E-state index is 14.0. The first-order chi connectivity index (χ1) is 21.1. The van der Waals surface area contributed by atoms with E-state index >= 15 is 0 Å². The zero-order valence-electron chi connectivity index (χ0n) is 25.0. The SMILES string of the molecule is CC(=O)O[C@H]([C@@H](OC(C)=O)C(=O)N1Cc2cnn(C)c2C1)N(CC1CCN(c2ccc(F)cc2C#N)CC1)c1ccccc1. The van der Waals surface area contributed by atoms with Crippen LogP contribution in [0.5, 0.6) is 0 Å². The van der Waals surface area contributed by atoms with E-state index in [0.29, 0.717) is 37.6 Å². The molecule has 0 spiro atoms. The second kappa shape index (κ2) is 13.2. The number of aryl methyl sites for hydroxylation is 1. The topological polar surface area (TPSA) is 121 Å². The van der Waals surface area contributed by atoms with E-state index in [1.807, 2.05) is 35.2 Å². The normalized spacial score (nSPS) is 16.1. The highest BCUT2D eigenvalue weighted by atomic mass is 19.1. The Morgan fingerprint density at radius 1 is 1.07 bits per heavy atom. The van der Waals surface area contributed by atoms with Gasteiger partial charge in [-0.3, -0.25) is 19.1 Å². The fraction of sp³-hybridized carbons (Fsp3) is 0.406. The van der Waals surface area contributed by atoms with Gasteiger partial charge in [0.2, 0.25) is 12.3 Å². The first-order valence-corrected chi connectivity index (χ1v) is 14.5. The molecule has 0 bridgehead atoms. The van der Waals surface area contributed by atoms with Crippen LogP contribution in [0, 0.1) is 23.1 Å². The molecule has 0 N–H and O–H groups in total. The molecule has 1 amide bonds. The van der Waals surface area contributed by atoms with Crippen LogP contribution >= 0.6 is 0 Å².